The van der Waals surface area contributed by atoms with Gasteiger partial charge in [-0.3, -0.25) is 0 Å². The fourth-order valence-corrected chi connectivity index (χ4v) is 3.37. The molecule has 0 spiro atoms. The zero-order valence-electron chi connectivity index (χ0n) is 7.42. The Hall–Kier alpha value is 0.520. The van der Waals surface area contributed by atoms with E-state index < -0.39 is 20.9 Å². The molecule has 76 valence electrons. The first-order chi connectivity index (χ1) is 5.82. The maximum atomic E-state index is 13.5. The van der Waals surface area contributed by atoms with Gasteiger partial charge in [-0.05, 0) is 25.7 Å². The second-order valence-corrected chi connectivity index (χ2v) is 6.73. The topological polar surface area (TPSA) is 0 Å². The van der Waals surface area contributed by atoms with E-state index in [2.05, 4.69) is 0 Å². The van der Waals surface area contributed by atoms with Crippen molar-refractivity contribution in [2.45, 2.75) is 48.1 Å². The van der Waals surface area contributed by atoms with Crippen molar-refractivity contribution in [2.24, 2.45) is 5.41 Å². The Kier molecular flexibility index (Phi) is 1.97. The van der Waals surface area contributed by atoms with Crippen LogP contribution in [0, 0.1) is 5.41 Å². The van der Waals surface area contributed by atoms with Gasteiger partial charge in [-0.25, -0.2) is 13.2 Å². The van der Waals surface area contributed by atoms with Crippen LogP contribution in [0.2, 0.25) is 0 Å². The number of hydrogen-bond acceptors (Lipinski definition) is 0. The molecule has 1 atom stereocenters. The molecule has 0 aromatic heterocycles. The van der Waals surface area contributed by atoms with E-state index in [9.17, 15) is 13.2 Å². The molecule has 0 N–H and O–H groups in total. The molecular formula is C9H12F3I. The van der Waals surface area contributed by atoms with Crippen LogP contribution >= 0.6 is 22.6 Å². The molecule has 0 saturated heterocycles. The minimum Gasteiger partial charge on any atom is -0.239 e. The molecule has 2 bridgehead atoms. The molecule has 0 radical (unpaired) electrons. The van der Waals surface area contributed by atoms with Gasteiger partial charge in [0.05, 0.1) is 3.42 Å². The summed E-state index contributed by atoms with van der Waals surface area (Å²) in [7, 11) is 0. The Bertz CT molecular complexity index is 231. The number of halogens is 4. The molecule has 3 saturated carbocycles. The highest BCUT2D eigenvalue weighted by molar-refractivity contribution is 14.1. The number of hydrogen-bond donors (Lipinski definition) is 0. The van der Waals surface area contributed by atoms with Crippen molar-refractivity contribution in [2.75, 3.05) is 0 Å². The normalized spacial score (nSPS) is 53.8. The van der Waals surface area contributed by atoms with Crippen molar-refractivity contribution >= 4 is 22.6 Å². The standard InChI is InChI=1S/C9H12F3I/c1-7-2-4-8(13,5-3-7)6(10)9(7,11)12/h6H,2-5H2,1H3. The van der Waals surface area contributed by atoms with Crippen LogP contribution in [0.3, 0.4) is 0 Å². The van der Waals surface area contributed by atoms with Gasteiger partial charge in [-0.2, -0.15) is 0 Å². The molecule has 3 aliphatic rings. The van der Waals surface area contributed by atoms with Gasteiger partial charge in [0.1, 0.15) is 0 Å². The van der Waals surface area contributed by atoms with E-state index in [-0.39, 0.29) is 0 Å². The van der Waals surface area contributed by atoms with E-state index in [0.717, 1.165) is 0 Å². The van der Waals surface area contributed by atoms with Crippen LogP contribution in [0.1, 0.15) is 32.6 Å². The van der Waals surface area contributed by atoms with Gasteiger partial charge in [0.25, 0.3) is 5.92 Å². The lowest BCUT2D eigenvalue weighted by molar-refractivity contribution is -0.220. The van der Waals surface area contributed by atoms with Gasteiger partial charge in [-0.15, -0.1) is 0 Å². The maximum Gasteiger partial charge on any atom is 0.285 e. The smallest absolute Gasteiger partial charge is 0.239 e. The fraction of sp³-hybridized carbons (Fsp3) is 1.00. The second-order valence-electron chi connectivity index (χ2n) is 4.58. The summed E-state index contributed by atoms with van der Waals surface area (Å²) >= 11 is 1.89. The summed E-state index contributed by atoms with van der Waals surface area (Å²) in [6, 6.07) is 0. The monoisotopic (exact) mass is 304 g/mol. The first-order valence-electron chi connectivity index (χ1n) is 4.53. The molecule has 0 heterocycles. The molecular weight excluding hydrogens is 292 g/mol. The Morgan fingerprint density at radius 2 is 1.62 bits per heavy atom. The summed E-state index contributed by atoms with van der Waals surface area (Å²) in [6.45, 7) is 1.52. The van der Waals surface area contributed by atoms with Gasteiger partial charge in [-0.1, -0.05) is 29.5 Å². The highest BCUT2D eigenvalue weighted by Gasteiger charge is 2.69. The van der Waals surface area contributed by atoms with E-state index in [4.69, 9.17) is 0 Å². The van der Waals surface area contributed by atoms with Crippen LogP contribution in [0.15, 0.2) is 0 Å². The lowest BCUT2D eigenvalue weighted by Gasteiger charge is -2.55. The van der Waals surface area contributed by atoms with E-state index in [1.165, 1.54) is 6.92 Å². The highest BCUT2D eigenvalue weighted by Crippen LogP contribution is 2.63. The van der Waals surface area contributed by atoms with Crippen molar-refractivity contribution in [3.63, 3.8) is 0 Å². The minimum atomic E-state index is -3.12. The van der Waals surface area contributed by atoms with Crippen LogP contribution in [0.25, 0.3) is 0 Å². The van der Waals surface area contributed by atoms with Gasteiger partial charge in [0, 0.05) is 5.41 Å². The molecule has 3 fully saturated rings. The molecule has 3 aliphatic carbocycles. The van der Waals surface area contributed by atoms with Crippen LogP contribution in [0.4, 0.5) is 13.2 Å². The van der Waals surface area contributed by atoms with Crippen molar-refractivity contribution in [3.8, 4) is 0 Å². The Labute approximate surface area is 89.4 Å². The SMILES string of the molecule is CC12CCC(I)(CC1)C(F)C2(F)F. The van der Waals surface area contributed by atoms with Crippen LogP contribution in [-0.4, -0.2) is 15.5 Å². The van der Waals surface area contributed by atoms with Crippen LogP contribution in [-0.2, 0) is 0 Å². The first kappa shape index (κ1) is 10.1. The Morgan fingerprint density at radius 3 is 2.00 bits per heavy atom. The number of fused-ring (bicyclic) bond motifs is 3. The zero-order valence-corrected chi connectivity index (χ0v) is 9.58. The minimum absolute atomic E-state index is 0.462. The third kappa shape index (κ3) is 1.10. The summed E-state index contributed by atoms with van der Waals surface area (Å²) < 4.78 is 39.8. The summed E-state index contributed by atoms with van der Waals surface area (Å²) in [4.78, 5) is 0. The predicted molar refractivity (Wildman–Crippen MR) is 53.2 cm³/mol. The predicted octanol–water partition coefficient (Wildman–Crippen LogP) is 3.73. The molecule has 4 heteroatoms. The lowest BCUT2D eigenvalue weighted by atomic mass is 9.58. The van der Waals surface area contributed by atoms with Crippen molar-refractivity contribution in [3.05, 3.63) is 0 Å². The van der Waals surface area contributed by atoms with Gasteiger partial charge >= 0.3 is 0 Å². The van der Waals surface area contributed by atoms with Crippen molar-refractivity contribution < 1.29 is 13.2 Å². The summed E-state index contributed by atoms with van der Waals surface area (Å²) in [5.41, 5.74) is -1.08. The molecule has 0 amide bonds. The van der Waals surface area contributed by atoms with Crippen LogP contribution in [0.5, 0.6) is 0 Å². The Balaban J connectivity index is 2.41. The summed E-state index contributed by atoms with van der Waals surface area (Å²) in [5.74, 6) is -3.12. The number of rotatable bonds is 0. The molecule has 13 heavy (non-hydrogen) atoms. The van der Waals surface area contributed by atoms with Gasteiger partial charge in [0.2, 0.25) is 0 Å². The van der Waals surface area contributed by atoms with E-state index >= 15 is 0 Å². The summed E-state index contributed by atoms with van der Waals surface area (Å²) in [6.07, 6.45) is 0.169. The second kappa shape index (κ2) is 2.55. The molecule has 1 unspecified atom stereocenters. The van der Waals surface area contributed by atoms with Gasteiger partial charge < -0.3 is 0 Å². The zero-order chi connectivity index (χ0) is 9.91. The molecule has 3 rings (SSSR count). The van der Waals surface area contributed by atoms with Crippen LogP contribution < -0.4 is 0 Å². The quantitative estimate of drug-likeness (QED) is 0.472. The van der Waals surface area contributed by atoms with Crippen molar-refractivity contribution in [1.82, 2.24) is 0 Å². The first-order valence-corrected chi connectivity index (χ1v) is 5.61. The van der Waals surface area contributed by atoms with E-state index in [1.54, 1.807) is 0 Å². The Morgan fingerprint density at radius 1 is 1.15 bits per heavy atom. The third-order valence-electron chi connectivity index (χ3n) is 3.76. The van der Waals surface area contributed by atoms with E-state index in [1.807, 2.05) is 22.6 Å². The number of alkyl halides is 4. The van der Waals surface area contributed by atoms with Crippen molar-refractivity contribution in [1.29, 1.82) is 0 Å². The lowest BCUT2D eigenvalue weighted by Crippen LogP contribution is -2.63. The van der Waals surface area contributed by atoms with E-state index in [0.29, 0.717) is 25.7 Å². The maximum absolute atomic E-state index is 13.5. The largest absolute Gasteiger partial charge is 0.285 e. The molecule has 0 aliphatic heterocycles. The molecule has 0 aromatic rings. The third-order valence-corrected chi connectivity index (χ3v) is 5.39. The van der Waals surface area contributed by atoms with Gasteiger partial charge in [0.15, 0.2) is 6.17 Å². The average Bonchev–Trinajstić information content (AvgIpc) is 2.07. The summed E-state index contributed by atoms with van der Waals surface area (Å²) in [5, 5.41) is 0. The highest BCUT2D eigenvalue weighted by atomic mass is 127. The average molecular weight is 304 g/mol. The molecule has 0 nitrogen and oxygen atoms in total. The molecule has 0 aromatic carbocycles. The fourth-order valence-electron chi connectivity index (χ4n) is 2.43.